The fraction of sp³-hybridized carbons (Fsp3) is 0.867. The van der Waals surface area contributed by atoms with E-state index in [1.165, 1.54) is 6.42 Å². The van der Waals surface area contributed by atoms with Crippen molar-refractivity contribution in [1.82, 2.24) is 0 Å². The van der Waals surface area contributed by atoms with Crippen LogP contribution < -0.4 is 0 Å². The van der Waals surface area contributed by atoms with E-state index in [9.17, 15) is 0 Å². The van der Waals surface area contributed by atoms with Crippen LogP contribution in [-0.4, -0.2) is 20.0 Å². The minimum atomic E-state index is -1.56. The van der Waals surface area contributed by atoms with Crippen LogP contribution in [-0.2, 0) is 0 Å². The molecule has 0 aromatic heterocycles. The van der Waals surface area contributed by atoms with Crippen LogP contribution in [0.4, 0.5) is 0 Å². The van der Waals surface area contributed by atoms with Gasteiger partial charge in [0.1, 0.15) is 0 Å². The Hall–Kier alpha value is 0.348. The molecule has 2 heteroatoms. The summed E-state index contributed by atoms with van der Waals surface area (Å²) < 4.78 is 1.91. The molecule has 3 aliphatic heterocycles. The standard InChI is InChI=1S/C15H27BGe/c1-11(17(2,3)4)15-8-12-5-13-7-14(6-12)10-16(15)9-13/h12-14H,5-10H2,1-4H3/b15-11-. The summed E-state index contributed by atoms with van der Waals surface area (Å²) in [6, 6.07) is 0. The first-order valence-corrected chi connectivity index (χ1v) is 15.0. The van der Waals surface area contributed by atoms with Crippen molar-refractivity contribution in [3.63, 3.8) is 0 Å². The van der Waals surface area contributed by atoms with Gasteiger partial charge in [0.05, 0.1) is 0 Å². The Bertz CT molecular complexity index is 338. The third-order valence-electron chi connectivity index (χ3n) is 5.84. The predicted molar refractivity (Wildman–Crippen MR) is 80.4 cm³/mol. The second kappa shape index (κ2) is 4.18. The summed E-state index contributed by atoms with van der Waals surface area (Å²) >= 11 is -1.56. The van der Waals surface area contributed by atoms with Gasteiger partial charge in [0.25, 0.3) is 0 Å². The first kappa shape index (κ1) is 12.4. The van der Waals surface area contributed by atoms with Gasteiger partial charge in [-0.15, -0.1) is 0 Å². The van der Waals surface area contributed by atoms with Gasteiger partial charge in [0, 0.05) is 0 Å². The first-order chi connectivity index (χ1) is 7.93. The zero-order chi connectivity index (χ0) is 12.2. The molecule has 4 aliphatic rings. The van der Waals surface area contributed by atoms with Crippen molar-refractivity contribution in [2.24, 2.45) is 17.8 Å². The second-order valence-corrected chi connectivity index (χ2v) is 19.1. The van der Waals surface area contributed by atoms with Crippen molar-refractivity contribution in [2.45, 2.75) is 62.5 Å². The molecule has 0 spiro atoms. The van der Waals surface area contributed by atoms with Crippen LogP contribution in [0.25, 0.3) is 0 Å². The zero-order valence-electron chi connectivity index (χ0n) is 12.1. The number of allylic oxidation sites excluding steroid dienone is 2. The predicted octanol–water partition coefficient (Wildman–Crippen LogP) is 4.66. The fourth-order valence-corrected chi connectivity index (χ4v) is 7.52. The summed E-state index contributed by atoms with van der Waals surface area (Å²) in [6.07, 6.45) is 9.32. The third-order valence-corrected chi connectivity index (χ3v) is 11.2. The van der Waals surface area contributed by atoms with Crippen molar-refractivity contribution in [3.05, 3.63) is 9.88 Å². The summed E-state index contributed by atoms with van der Waals surface area (Å²) in [5, 5.41) is 0. The summed E-state index contributed by atoms with van der Waals surface area (Å²) in [6.45, 7) is 3.51. The van der Waals surface area contributed by atoms with E-state index in [0.29, 0.717) is 0 Å². The monoisotopic (exact) mass is 292 g/mol. The van der Waals surface area contributed by atoms with Gasteiger partial charge in [0.15, 0.2) is 0 Å². The molecule has 0 aromatic carbocycles. The molecular weight excluding hydrogens is 264 g/mol. The van der Waals surface area contributed by atoms with Gasteiger partial charge in [0.2, 0.25) is 0 Å². The molecule has 0 aromatic rings. The molecule has 1 saturated carbocycles. The van der Waals surface area contributed by atoms with Crippen LogP contribution in [0.2, 0.25) is 29.9 Å². The molecule has 0 N–H and O–H groups in total. The minimum absolute atomic E-state index is 1.01. The van der Waals surface area contributed by atoms with E-state index in [-0.39, 0.29) is 0 Å². The van der Waals surface area contributed by atoms with Gasteiger partial charge in [-0.05, 0) is 0 Å². The number of hydrogen-bond acceptors (Lipinski definition) is 0. The van der Waals surface area contributed by atoms with Crippen LogP contribution in [0.5, 0.6) is 0 Å². The van der Waals surface area contributed by atoms with E-state index in [4.69, 9.17) is 0 Å². The number of hydrogen-bond donors (Lipinski definition) is 0. The van der Waals surface area contributed by atoms with Crippen molar-refractivity contribution in [2.75, 3.05) is 0 Å². The van der Waals surface area contributed by atoms with Crippen molar-refractivity contribution < 1.29 is 0 Å². The molecule has 3 saturated heterocycles. The van der Waals surface area contributed by atoms with Gasteiger partial charge in [-0.3, -0.25) is 0 Å². The van der Waals surface area contributed by atoms with E-state index in [0.717, 1.165) is 24.5 Å². The molecular formula is C15H27BGe. The van der Waals surface area contributed by atoms with E-state index in [1.54, 1.807) is 31.9 Å². The number of rotatable bonds is 1. The van der Waals surface area contributed by atoms with E-state index in [2.05, 4.69) is 24.2 Å². The van der Waals surface area contributed by atoms with Crippen LogP contribution in [0.3, 0.4) is 0 Å². The van der Waals surface area contributed by atoms with Crippen LogP contribution in [0.15, 0.2) is 9.88 Å². The van der Waals surface area contributed by atoms with E-state index in [1.807, 2.05) is 9.88 Å². The second-order valence-electron chi connectivity index (χ2n) is 8.08. The molecule has 17 heavy (non-hydrogen) atoms. The third kappa shape index (κ3) is 2.29. The van der Waals surface area contributed by atoms with Crippen LogP contribution in [0.1, 0.15) is 32.6 Å². The molecule has 3 heterocycles. The maximum absolute atomic E-state index is 2.58. The zero-order valence-corrected chi connectivity index (χ0v) is 14.2. The molecule has 1 aliphatic carbocycles. The molecule has 0 nitrogen and oxygen atoms in total. The summed E-state index contributed by atoms with van der Waals surface area (Å²) in [5.74, 6) is 11.0. The average Bonchev–Trinajstić information content (AvgIpc) is 2.40. The van der Waals surface area contributed by atoms with Crippen molar-refractivity contribution in [1.29, 1.82) is 0 Å². The Morgan fingerprint density at radius 2 is 1.53 bits per heavy atom. The summed E-state index contributed by atoms with van der Waals surface area (Å²) in [5.41, 5.74) is 1.97. The van der Waals surface area contributed by atoms with Gasteiger partial charge in [-0.2, -0.15) is 0 Å². The summed E-state index contributed by atoms with van der Waals surface area (Å²) in [4.78, 5) is 0. The van der Waals surface area contributed by atoms with Gasteiger partial charge < -0.3 is 0 Å². The quantitative estimate of drug-likeness (QED) is 0.616. The Balaban J connectivity index is 1.97. The molecule has 94 valence electrons. The summed E-state index contributed by atoms with van der Waals surface area (Å²) in [7, 11) is 0. The molecule has 0 amide bonds. The Kier molecular flexibility index (Phi) is 3.05. The van der Waals surface area contributed by atoms with E-state index >= 15 is 0 Å². The Labute approximate surface area is 110 Å². The van der Waals surface area contributed by atoms with Crippen LogP contribution >= 0.6 is 0 Å². The van der Waals surface area contributed by atoms with Gasteiger partial charge in [-0.25, -0.2) is 0 Å². The topological polar surface area (TPSA) is 0 Å². The normalized spacial score (nSPS) is 39.5. The van der Waals surface area contributed by atoms with Crippen LogP contribution in [0, 0.1) is 17.8 Å². The Morgan fingerprint density at radius 3 is 2.06 bits per heavy atom. The number of fused-ring (bicyclic) bond motifs is 1. The molecule has 0 radical (unpaired) electrons. The van der Waals surface area contributed by atoms with Gasteiger partial charge >= 0.3 is 110 Å². The molecule has 2 unspecified atom stereocenters. The molecule has 4 bridgehead atoms. The Morgan fingerprint density at radius 1 is 1.00 bits per heavy atom. The van der Waals surface area contributed by atoms with Crippen molar-refractivity contribution >= 4 is 20.0 Å². The molecule has 4 rings (SSSR count). The van der Waals surface area contributed by atoms with Gasteiger partial charge in [-0.1, -0.05) is 0 Å². The first-order valence-electron chi connectivity index (χ1n) is 7.63. The maximum atomic E-state index is 2.58. The van der Waals surface area contributed by atoms with E-state index < -0.39 is 13.3 Å². The SMILES string of the molecule is C/[C](=C1\CC2CC3CB1CC(C3)C2)[Ge]([CH3])([CH3])[CH3]. The molecule has 4 fully saturated rings. The fourth-order valence-electron chi connectivity index (χ4n) is 4.86. The average molecular weight is 291 g/mol. The van der Waals surface area contributed by atoms with Crippen molar-refractivity contribution in [3.8, 4) is 0 Å². The molecule has 2 atom stereocenters.